The number of furan rings is 1. The highest BCUT2D eigenvalue weighted by Crippen LogP contribution is 2.47. The van der Waals surface area contributed by atoms with Crippen LogP contribution in [0.5, 0.6) is 0 Å². The average Bonchev–Trinajstić information content (AvgIpc) is 3.25. The van der Waals surface area contributed by atoms with E-state index in [0.717, 1.165) is 24.0 Å². The second-order valence-corrected chi connectivity index (χ2v) is 9.75. The number of nitrogens with zero attached hydrogens (tertiary/aromatic N) is 2. The van der Waals surface area contributed by atoms with Gasteiger partial charge >= 0.3 is 0 Å². The lowest BCUT2D eigenvalue weighted by Crippen LogP contribution is -2.50. The summed E-state index contributed by atoms with van der Waals surface area (Å²) in [5.41, 5.74) is 0. The van der Waals surface area contributed by atoms with Gasteiger partial charge in [0, 0.05) is 44.9 Å². The number of amides is 1. The van der Waals surface area contributed by atoms with Crippen molar-refractivity contribution in [2.75, 3.05) is 26.2 Å². The Labute approximate surface area is 170 Å². The molecule has 0 radical (unpaired) electrons. The molecule has 0 N–H and O–H groups in total. The maximum Gasteiger partial charge on any atom is 0.246 e. The lowest BCUT2D eigenvalue weighted by Gasteiger charge is -2.34. The Morgan fingerprint density at radius 3 is 2.48 bits per heavy atom. The van der Waals surface area contributed by atoms with E-state index in [9.17, 15) is 17.6 Å². The predicted molar refractivity (Wildman–Crippen MR) is 105 cm³/mol. The van der Waals surface area contributed by atoms with Gasteiger partial charge in [-0.05, 0) is 36.6 Å². The van der Waals surface area contributed by atoms with E-state index in [4.69, 9.17) is 4.42 Å². The van der Waals surface area contributed by atoms with Crippen LogP contribution in [0, 0.1) is 11.7 Å². The second-order valence-electron chi connectivity index (χ2n) is 7.84. The van der Waals surface area contributed by atoms with E-state index in [2.05, 4.69) is 6.92 Å². The minimum Gasteiger partial charge on any atom is -0.466 e. The molecule has 0 bridgehead atoms. The summed E-state index contributed by atoms with van der Waals surface area (Å²) < 4.78 is 46.3. The van der Waals surface area contributed by atoms with Crippen molar-refractivity contribution in [2.45, 2.75) is 37.0 Å². The Balaban J connectivity index is 1.29. The molecule has 4 rings (SSSR count). The summed E-state index contributed by atoms with van der Waals surface area (Å²) in [4.78, 5) is 13.9. The first-order chi connectivity index (χ1) is 13.9. The van der Waals surface area contributed by atoms with Crippen molar-refractivity contribution in [1.82, 2.24) is 9.21 Å². The summed E-state index contributed by atoms with van der Waals surface area (Å²) in [7, 11) is -3.90. The quantitative estimate of drug-likeness (QED) is 0.720. The lowest BCUT2D eigenvalue weighted by atomic mass is 10.2. The van der Waals surface area contributed by atoms with E-state index in [1.54, 1.807) is 4.90 Å². The summed E-state index contributed by atoms with van der Waals surface area (Å²) >= 11 is 0. The molecule has 8 heteroatoms. The normalized spacial score (nSPS) is 22.6. The van der Waals surface area contributed by atoms with Crippen molar-refractivity contribution >= 4 is 15.9 Å². The summed E-state index contributed by atoms with van der Waals surface area (Å²) in [6.07, 6.45) is 2.02. The van der Waals surface area contributed by atoms with Crippen molar-refractivity contribution in [2.24, 2.45) is 5.92 Å². The predicted octanol–water partition coefficient (Wildman–Crippen LogP) is 3.01. The Morgan fingerprint density at radius 1 is 1.14 bits per heavy atom. The monoisotopic (exact) mass is 420 g/mol. The number of benzene rings is 1. The molecule has 6 nitrogen and oxygen atoms in total. The van der Waals surface area contributed by atoms with Crippen LogP contribution >= 0.6 is 0 Å². The third kappa shape index (κ3) is 4.23. The van der Waals surface area contributed by atoms with E-state index in [0.29, 0.717) is 37.8 Å². The molecule has 0 spiro atoms. The molecule has 1 saturated carbocycles. The van der Waals surface area contributed by atoms with E-state index >= 15 is 0 Å². The van der Waals surface area contributed by atoms with Crippen LogP contribution in [0.3, 0.4) is 0 Å². The smallest absolute Gasteiger partial charge is 0.246 e. The van der Waals surface area contributed by atoms with E-state index < -0.39 is 15.8 Å². The second kappa shape index (κ2) is 7.91. The first-order valence-corrected chi connectivity index (χ1v) is 11.4. The molecule has 1 aliphatic carbocycles. The molecule has 29 heavy (non-hydrogen) atoms. The zero-order valence-electron chi connectivity index (χ0n) is 16.4. The minimum atomic E-state index is -3.90. The van der Waals surface area contributed by atoms with Gasteiger partial charge < -0.3 is 9.32 Å². The molecule has 1 saturated heterocycles. The molecule has 1 aliphatic heterocycles. The molecule has 2 unspecified atom stereocenters. The van der Waals surface area contributed by atoms with Gasteiger partial charge in [0.05, 0.1) is 0 Å². The van der Waals surface area contributed by atoms with Crippen LogP contribution in [0.15, 0.2) is 45.7 Å². The van der Waals surface area contributed by atoms with Gasteiger partial charge in [-0.3, -0.25) is 4.79 Å². The van der Waals surface area contributed by atoms with Gasteiger partial charge in [0.2, 0.25) is 15.9 Å². The fourth-order valence-electron chi connectivity index (χ4n) is 3.81. The van der Waals surface area contributed by atoms with Crippen molar-refractivity contribution < 1.29 is 22.0 Å². The summed E-state index contributed by atoms with van der Waals surface area (Å²) in [6.45, 7) is 3.12. The number of sulfonamides is 1. The zero-order chi connectivity index (χ0) is 20.6. The Hall–Kier alpha value is -2.19. The Morgan fingerprint density at radius 2 is 1.83 bits per heavy atom. The molecule has 2 heterocycles. The van der Waals surface area contributed by atoms with Gasteiger partial charge in [-0.25, -0.2) is 12.8 Å². The summed E-state index contributed by atoms with van der Waals surface area (Å²) in [5, 5.41) is 0. The van der Waals surface area contributed by atoms with Crippen molar-refractivity contribution in [3.8, 4) is 0 Å². The largest absolute Gasteiger partial charge is 0.466 e. The molecule has 2 aliphatic rings. The standard InChI is InChI=1S/C21H25FN2O4S/c1-15-14-17(15)19-8-6-16(28-19)7-9-21(25)23-10-12-24(13-11-23)29(26,27)20-5-3-2-4-18(20)22/h2-6,8,15,17H,7,9-14H2,1H3. The molecule has 1 amide bonds. The molecule has 2 aromatic rings. The number of rotatable bonds is 6. The molecular weight excluding hydrogens is 395 g/mol. The first kappa shape index (κ1) is 20.1. The Bertz CT molecular complexity index is 996. The molecule has 1 aromatic carbocycles. The summed E-state index contributed by atoms with van der Waals surface area (Å²) in [5.74, 6) is 2.23. The highest BCUT2D eigenvalue weighted by atomic mass is 32.2. The van der Waals surface area contributed by atoms with Gasteiger partial charge in [0.25, 0.3) is 0 Å². The van der Waals surface area contributed by atoms with Gasteiger partial charge in [-0.15, -0.1) is 0 Å². The van der Waals surface area contributed by atoms with Crippen molar-refractivity contribution in [3.63, 3.8) is 0 Å². The number of carbonyl (C=O) groups excluding carboxylic acids is 1. The number of hydrogen-bond donors (Lipinski definition) is 0. The number of halogens is 1. The van der Waals surface area contributed by atoms with Crippen molar-refractivity contribution in [3.05, 3.63) is 53.7 Å². The minimum absolute atomic E-state index is 0.0225. The van der Waals surface area contributed by atoms with E-state index in [1.165, 1.54) is 22.5 Å². The van der Waals surface area contributed by atoms with Gasteiger partial charge in [-0.1, -0.05) is 19.1 Å². The highest BCUT2D eigenvalue weighted by Gasteiger charge is 2.36. The van der Waals surface area contributed by atoms with Crippen LogP contribution in [0.2, 0.25) is 0 Å². The maximum atomic E-state index is 13.9. The Kier molecular flexibility index (Phi) is 5.48. The molecule has 2 fully saturated rings. The van der Waals surface area contributed by atoms with Gasteiger partial charge in [0.1, 0.15) is 22.2 Å². The topological polar surface area (TPSA) is 70.8 Å². The first-order valence-electron chi connectivity index (χ1n) is 9.97. The van der Waals surface area contributed by atoms with Crippen LogP contribution in [-0.2, 0) is 21.2 Å². The SMILES string of the molecule is CC1CC1c1ccc(CCC(=O)N2CCN(S(=O)(=O)c3ccccc3F)CC2)o1. The fourth-order valence-corrected chi connectivity index (χ4v) is 5.29. The molecule has 156 valence electrons. The summed E-state index contributed by atoms with van der Waals surface area (Å²) in [6, 6.07) is 9.30. The fraction of sp³-hybridized carbons (Fsp3) is 0.476. The molecule has 2 atom stereocenters. The number of aryl methyl sites for hydroxylation is 1. The van der Waals surface area contributed by atoms with Crippen molar-refractivity contribution in [1.29, 1.82) is 0 Å². The maximum absolute atomic E-state index is 13.9. The lowest BCUT2D eigenvalue weighted by molar-refractivity contribution is -0.132. The zero-order valence-corrected chi connectivity index (χ0v) is 17.2. The highest BCUT2D eigenvalue weighted by molar-refractivity contribution is 7.89. The van der Waals surface area contributed by atoms with E-state index in [-0.39, 0.29) is 23.9 Å². The van der Waals surface area contributed by atoms with Crippen LogP contribution in [-0.4, -0.2) is 49.7 Å². The number of hydrogen-bond acceptors (Lipinski definition) is 4. The number of piperazine rings is 1. The average molecular weight is 421 g/mol. The van der Waals surface area contributed by atoms with Crippen LogP contribution in [0.1, 0.15) is 37.2 Å². The third-order valence-corrected chi connectivity index (χ3v) is 7.72. The van der Waals surface area contributed by atoms with Gasteiger partial charge in [0.15, 0.2) is 0 Å². The molecular formula is C21H25FN2O4S. The van der Waals surface area contributed by atoms with Crippen LogP contribution in [0.4, 0.5) is 4.39 Å². The van der Waals surface area contributed by atoms with Crippen LogP contribution < -0.4 is 0 Å². The third-order valence-electron chi connectivity index (χ3n) is 5.79. The molecule has 1 aromatic heterocycles. The van der Waals surface area contributed by atoms with E-state index in [1.807, 2.05) is 12.1 Å². The number of carbonyl (C=O) groups is 1. The van der Waals surface area contributed by atoms with Crippen LogP contribution in [0.25, 0.3) is 0 Å². The van der Waals surface area contributed by atoms with Gasteiger partial charge in [-0.2, -0.15) is 4.31 Å².